The second kappa shape index (κ2) is 8.89. The van der Waals surface area contributed by atoms with Crippen LogP contribution in [-0.4, -0.2) is 56.8 Å². The number of benzene rings is 1. The molecule has 1 saturated heterocycles. The van der Waals surface area contributed by atoms with Gasteiger partial charge in [0, 0.05) is 19.0 Å². The lowest BCUT2D eigenvalue weighted by molar-refractivity contribution is -0.122. The molecule has 0 bridgehead atoms. The molecule has 1 aromatic rings. The average Bonchev–Trinajstić information content (AvgIpc) is 2.61. The summed E-state index contributed by atoms with van der Waals surface area (Å²) in [7, 11) is 5.23. The molecule has 2 N–H and O–H groups in total. The van der Waals surface area contributed by atoms with Crippen LogP contribution in [-0.2, 0) is 4.79 Å². The number of aliphatic hydroxyl groups is 1. The summed E-state index contributed by atoms with van der Waals surface area (Å²) in [6.45, 7) is 2.27. The minimum Gasteiger partial charge on any atom is -0.497 e. The van der Waals surface area contributed by atoms with E-state index >= 15 is 0 Å². The molecule has 1 aromatic carbocycles. The smallest absolute Gasteiger partial charge is 0.220 e. The van der Waals surface area contributed by atoms with Crippen molar-refractivity contribution in [3.8, 4) is 11.5 Å². The van der Waals surface area contributed by atoms with Crippen molar-refractivity contribution in [3.05, 3.63) is 23.8 Å². The molecule has 1 aliphatic heterocycles. The van der Waals surface area contributed by atoms with E-state index in [-0.39, 0.29) is 12.5 Å². The van der Waals surface area contributed by atoms with Crippen molar-refractivity contribution in [1.29, 1.82) is 0 Å². The van der Waals surface area contributed by atoms with Crippen molar-refractivity contribution in [2.45, 2.75) is 25.4 Å². The molecule has 6 nitrogen and oxygen atoms in total. The molecule has 1 amide bonds. The second-order valence-electron chi connectivity index (χ2n) is 6.42. The molecule has 0 aliphatic carbocycles. The van der Waals surface area contributed by atoms with Gasteiger partial charge in [-0.1, -0.05) is 0 Å². The predicted molar refractivity (Wildman–Crippen MR) is 92.4 cm³/mol. The van der Waals surface area contributed by atoms with Gasteiger partial charge < -0.3 is 24.8 Å². The molecule has 1 heterocycles. The number of carbonyl (C=O) groups excluding carboxylic acids is 1. The van der Waals surface area contributed by atoms with Crippen molar-refractivity contribution >= 4 is 5.91 Å². The van der Waals surface area contributed by atoms with Crippen LogP contribution in [0.1, 0.15) is 30.9 Å². The maximum absolute atomic E-state index is 12.1. The molecule has 1 aliphatic rings. The lowest BCUT2D eigenvalue weighted by atomic mass is 9.93. The number of amides is 1. The van der Waals surface area contributed by atoms with E-state index in [1.54, 1.807) is 32.4 Å². The van der Waals surface area contributed by atoms with Gasteiger partial charge in [-0.3, -0.25) is 4.79 Å². The summed E-state index contributed by atoms with van der Waals surface area (Å²) >= 11 is 0. The normalized spacial score (nSPS) is 17.3. The first kappa shape index (κ1) is 18.5. The number of hydrogen-bond donors (Lipinski definition) is 2. The molecular weight excluding hydrogens is 308 g/mol. The topological polar surface area (TPSA) is 71.0 Å². The average molecular weight is 336 g/mol. The maximum Gasteiger partial charge on any atom is 0.220 e. The van der Waals surface area contributed by atoms with Gasteiger partial charge in [0.05, 0.1) is 20.3 Å². The molecule has 0 spiro atoms. The van der Waals surface area contributed by atoms with Crippen LogP contribution in [0, 0.1) is 5.92 Å². The zero-order valence-corrected chi connectivity index (χ0v) is 14.7. The summed E-state index contributed by atoms with van der Waals surface area (Å²) < 4.78 is 10.4. The Kier molecular flexibility index (Phi) is 6.87. The minimum absolute atomic E-state index is 0.00142. The second-order valence-corrected chi connectivity index (χ2v) is 6.42. The van der Waals surface area contributed by atoms with Gasteiger partial charge in [0.2, 0.25) is 5.91 Å². The summed E-state index contributed by atoms with van der Waals surface area (Å²) in [6, 6.07) is 5.24. The van der Waals surface area contributed by atoms with Crippen LogP contribution in [0.5, 0.6) is 11.5 Å². The van der Waals surface area contributed by atoms with Gasteiger partial charge in [-0.25, -0.2) is 0 Å². The zero-order valence-electron chi connectivity index (χ0n) is 14.7. The standard InChI is InChI=1S/C18H28N2O4/c1-20-6-4-13(5-7-20)8-18(22)19-12-17(21)14-9-15(23-2)11-16(10-14)24-3/h9-11,13,17,21H,4-8,12H2,1-3H3,(H,19,22)/t17-/m0/s1. The quantitative estimate of drug-likeness (QED) is 0.791. The van der Waals surface area contributed by atoms with Gasteiger partial charge in [-0.05, 0) is 56.6 Å². The monoisotopic (exact) mass is 336 g/mol. The number of hydrogen-bond acceptors (Lipinski definition) is 5. The largest absolute Gasteiger partial charge is 0.497 e. The SMILES string of the molecule is COc1cc(OC)cc([C@@H](O)CNC(=O)CC2CCN(C)CC2)c1. The summed E-state index contributed by atoms with van der Waals surface area (Å²) in [5.41, 5.74) is 0.658. The van der Waals surface area contributed by atoms with Gasteiger partial charge in [-0.2, -0.15) is 0 Å². The van der Waals surface area contributed by atoms with Crippen molar-refractivity contribution in [2.24, 2.45) is 5.92 Å². The molecule has 24 heavy (non-hydrogen) atoms. The van der Waals surface area contributed by atoms with E-state index in [0.717, 1.165) is 25.9 Å². The summed E-state index contributed by atoms with van der Waals surface area (Å²) in [5, 5.41) is 13.1. The van der Waals surface area contributed by atoms with E-state index in [0.29, 0.717) is 29.4 Å². The third-order valence-corrected chi connectivity index (χ3v) is 4.56. The fourth-order valence-electron chi connectivity index (χ4n) is 2.95. The molecule has 1 atom stereocenters. The molecule has 2 rings (SSSR count). The van der Waals surface area contributed by atoms with E-state index in [4.69, 9.17) is 9.47 Å². The number of aliphatic hydroxyl groups excluding tert-OH is 1. The van der Waals surface area contributed by atoms with Crippen molar-refractivity contribution in [1.82, 2.24) is 10.2 Å². The Bertz CT molecular complexity index is 520. The van der Waals surface area contributed by atoms with Crippen LogP contribution in [0.2, 0.25) is 0 Å². The summed E-state index contributed by atoms with van der Waals surface area (Å²) in [5.74, 6) is 1.66. The number of carbonyl (C=O) groups is 1. The highest BCUT2D eigenvalue weighted by molar-refractivity contribution is 5.76. The first-order valence-electron chi connectivity index (χ1n) is 8.38. The maximum atomic E-state index is 12.1. The van der Waals surface area contributed by atoms with Gasteiger partial charge in [0.25, 0.3) is 0 Å². The number of nitrogens with zero attached hydrogens (tertiary/aromatic N) is 1. The van der Waals surface area contributed by atoms with Gasteiger partial charge >= 0.3 is 0 Å². The summed E-state index contributed by atoms with van der Waals surface area (Å²) in [6.07, 6.45) is 1.84. The molecule has 1 fully saturated rings. The Morgan fingerprint density at radius 3 is 2.38 bits per heavy atom. The highest BCUT2D eigenvalue weighted by Crippen LogP contribution is 2.26. The van der Waals surface area contributed by atoms with Crippen LogP contribution in [0.3, 0.4) is 0 Å². The highest BCUT2D eigenvalue weighted by atomic mass is 16.5. The fraction of sp³-hybridized carbons (Fsp3) is 0.611. The summed E-state index contributed by atoms with van der Waals surface area (Å²) in [4.78, 5) is 14.4. The molecular formula is C18H28N2O4. The van der Waals surface area contributed by atoms with E-state index < -0.39 is 6.10 Å². The Morgan fingerprint density at radius 1 is 1.25 bits per heavy atom. The molecule has 0 saturated carbocycles. The van der Waals surface area contributed by atoms with E-state index in [1.165, 1.54) is 0 Å². The third kappa shape index (κ3) is 5.39. The Labute approximate surface area is 143 Å². The van der Waals surface area contributed by atoms with E-state index in [9.17, 15) is 9.90 Å². The first-order valence-corrected chi connectivity index (χ1v) is 8.38. The number of nitrogens with one attached hydrogen (secondary N) is 1. The number of rotatable bonds is 7. The fourth-order valence-corrected chi connectivity index (χ4v) is 2.95. The van der Waals surface area contributed by atoms with E-state index in [1.807, 2.05) is 0 Å². The van der Waals surface area contributed by atoms with Crippen LogP contribution in [0.25, 0.3) is 0 Å². The molecule has 0 radical (unpaired) electrons. The lowest BCUT2D eigenvalue weighted by Crippen LogP contribution is -2.34. The Morgan fingerprint density at radius 2 is 1.83 bits per heavy atom. The van der Waals surface area contributed by atoms with Crippen LogP contribution < -0.4 is 14.8 Å². The Balaban J connectivity index is 1.83. The Hall–Kier alpha value is -1.79. The number of ether oxygens (including phenoxy) is 2. The van der Waals surface area contributed by atoms with Gasteiger partial charge in [-0.15, -0.1) is 0 Å². The molecule has 6 heteroatoms. The lowest BCUT2D eigenvalue weighted by Gasteiger charge is -2.28. The van der Waals surface area contributed by atoms with Crippen LogP contribution in [0.15, 0.2) is 18.2 Å². The first-order chi connectivity index (χ1) is 11.5. The van der Waals surface area contributed by atoms with Crippen LogP contribution in [0.4, 0.5) is 0 Å². The molecule has 134 valence electrons. The van der Waals surface area contributed by atoms with Gasteiger partial charge in [0.1, 0.15) is 11.5 Å². The number of methoxy groups -OCH3 is 2. The minimum atomic E-state index is -0.796. The number of likely N-dealkylation sites (tertiary alicyclic amines) is 1. The van der Waals surface area contributed by atoms with Crippen molar-refractivity contribution < 1.29 is 19.4 Å². The highest BCUT2D eigenvalue weighted by Gasteiger charge is 2.20. The molecule has 0 aromatic heterocycles. The van der Waals surface area contributed by atoms with Crippen molar-refractivity contribution in [2.75, 3.05) is 40.9 Å². The number of piperidine rings is 1. The van der Waals surface area contributed by atoms with E-state index in [2.05, 4.69) is 17.3 Å². The van der Waals surface area contributed by atoms with Crippen molar-refractivity contribution in [3.63, 3.8) is 0 Å². The third-order valence-electron chi connectivity index (χ3n) is 4.56. The van der Waals surface area contributed by atoms with Crippen LogP contribution >= 0.6 is 0 Å². The predicted octanol–water partition coefficient (Wildman–Crippen LogP) is 1.59. The molecule has 0 unspecified atom stereocenters. The zero-order chi connectivity index (χ0) is 17.5. The van der Waals surface area contributed by atoms with Gasteiger partial charge in [0.15, 0.2) is 0 Å².